The van der Waals surface area contributed by atoms with Gasteiger partial charge >= 0.3 is 7.12 Å². The maximum Gasteiger partial charge on any atom is 0.494 e. The Hall–Kier alpha value is -2.66. The second kappa shape index (κ2) is 7.93. The van der Waals surface area contributed by atoms with Crippen molar-refractivity contribution in [3.05, 3.63) is 96.1 Å². The molecule has 1 aliphatic heterocycles. The van der Waals surface area contributed by atoms with Crippen LogP contribution in [0.2, 0.25) is 0 Å². The Kier molecular flexibility index (Phi) is 5.16. The van der Waals surface area contributed by atoms with Crippen LogP contribution < -0.4 is 5.46 Å². The van der Waals surface area contributed by atoms with E-state index in [1.165, 1.54) is 36.9 Å². The first-order chi connectivity index (χ1) is 16.7. The third-order valence-electron chi connectivity index (χ3n) is 8.14. The Balaban J connectivity index is 1.35. The first kappa shape index (κ1) is 22.8. The lowest BCUT2D eigenvalue weighted by atomic mass is 9.70. The molecule has 0 saturated carbocycles. The van der Waals surface area contributed by atoms with E-state index < -0.39 is 0 Å². The molecule has 2 aliphatic rings. The molecule has 0 N–H and O–H groups in total. The fourth-order valence-corrected chi connectivity index (χ4v) is 6.54. The predicted molar refractivity (Wildman–Crippen MR) is 151 cm³/mol. The SMILES string of the molecule is CC1(c2cccc(B3OC(C)(C)C(C)(C)O3)c2)C=CC=C(c2cccc3c2sc2ccccc23)C1. The highest BCUT2D eigenvalue weighted by Gasteiger charge is 2.51. The van der Waals surface area contributed by atoms with Crippen LogP contribution in [0, 0.1) is 0 Å². The van der Waals surface area contributed by atoms with E-state index in [0.29, 0.717) is 0 Å². The third kappa shape index (κ3) is 3.71. The highest BCUT2D eigenvalue weighted by molar-refractivity contribution is 7.26. The molecule has 2 nitrogen and oxygen atoms in total. The molecular weight excluding hydrogens is 447 g/mol. The number of rotatable bonds is 3. The van der Waals surface area contributed by atoms with Gasteiger partial charge in [0, 0.05) is 25.6 Å². The molecule has 0 amide bonds. The Morgan fingerprint density at radius 1 is 0.800 bits per heavy atom. The lowest BCUT2D eigenvalue weighted by Gasteiger charge is -2.32. The molecule has 2 heterocycles. The van der Waals surface area contributed by atoms with Crippen molar-refractivity contribution in [2.45, 2.75) is 57.7 Å². The van der Waals surface area contributed by atoms with E-state index in [2.05, 4.69) is 120 Å². The number of thiophene rings is 1. The van der Waals surface area contributed by atoms with Crippen LogP contribution in [0.25, 0.3) is 25.7 Å². The second-order valence-electron chi connectivity index (χ2n) is 11.1. The summed E-state index contributed by atoms with van der Waals surface area (Å²) < 4.78 is 15.4. The van der Waals surface area contributed by atoms with Gasteiger partial charge in [0.05, 0.1) is 11.2 Å². The van der Waals surface area contributed by atoms with Gasteiger partial charge in [-0.15, -0.1) is 11.3 Å². The van der Waals surface area contributed by atoms with Gasteiger partial charge in [0.15, 0.2) is 0 Å². The molecule has 1 aromatic heterocycles. The van der Waals surface area contributed by atoms with Crippen LogP contribution in [0.15, 0.2) is 85.0 Å². The van der Waals surface area contributed by atoms with E-state index >= 15 is 0 Å². The molecule has 1 aliphatic carbocycles. The van der Waals surface area contributed by atoms with Crippen molar-refractivity contribution in [3.63, 3.8) is 0 Å². The predicted octanol–water partition coefficient (Wildman–Crippen LogP) is 7.65. The molecule has 4 aromatic rings. The summed E-state index contributed by atoms with van der Waals surface area (Å²) in [5.74, 6) is 0. The minimum Gasteiger partial charge on any atom is -0.399 e. The molecule has 35 heavy (non-hydrogen) atoms. The number of allylic oxidation sites excluding steroid dienone is 4. The quantitative estimate of drug-likeness (QED) is 0.282. The summed E-state index contributed by atoms with van der Waals surface area (Å²) >= 11 is 1.90. The standard InChI is InChI=1S/C31H31BO2S/c1-29(2)30(3,4)34-32(33-29)23-13-8-12-22(19-23)31(5)18-10-11-21(20-31)24-15-9-16-26-25-14-6-7-17-27(25)35-28(24)26/h6-19H,20H2,1-5H3. The zero-order valence-electron chi connectivity index (χ0n) is 21.1. The van der Waals surface area contributed by atoms with Gasteiger partial charge in [-0.1, -0.05) is 85.8 Å². The number of fused-ring (bicyclic) bond motifs is 3. The van der Waals surface area contributed by atoms with Crippen LogP contribution in [-0.2, 0) is 14.7 Å². The van der Waals surface area contributed by atoms with Gasteiger partial charge in [0.1, 0.15) is 0 Å². The molecule has 3 aromatic carbocycles. The maximum absolute atomic E-state index is 6.34. The Morgan fingerprint density at radius 3 is 2.31 bits per heavy atom. The lowest BCUT2D eigenvalue weighted by molar-refractivity contribution is 0.00578. The second-order valence-corrected chi connectivity index (χ2v) is 12.2. The van der Waals surface area contributed by atoms with Gasteiger partial charge in [-0.3, -0.25) is 0 Å². The summed E-state index contributed by atoms with van der Waals surface area (Å²) in [5.41, 5.74) is 4.30. The van der Waals surface area contributed by atoms with Gasteiger partial charge in [-0.2, -0.15) is 0 Å². The summed E-state index contributed by atoms with van der Waals surface area (Å²) in [6.45, 7) is 10.8. The molecule has 176 valence electrons. The average molecular weight is 478 g/mol. The molecule has 0 bridgehead atoms. The van der Waals surface area contributed by atoms with E-state index in [4.69, 9.17) is 9.31 Å². The van der Waals surface area contributed by atoms with Gasteiger partial charge < -0.3 is 9.31 Å². The van der Waals surface area contributed by atoms with Crippen molar-refractivity contribution in [2.24, 2.45) is 0 Å². The average Bonchev–Trinajstić information content (AvgIpc) is 3.32. The summed E-state index contributed by atoms with van der Waals surface area (Å²) in [4.78, 5) is 0. The molecule has 1 fully saturated rings. The first-order valence-corrected chi connectivity index (χ1v) is 13.2. The van der Waals surface area contributed by atoms with E-state index in [0.717, 1.165) is 11.9 Å². The monoisotopic (exact) mass is 478 g/mol. The van der Waals surface area contributed by atoms with Crippen molar-refractivity contribution >= 4 is 49.7 Å². The Morgan fingerprint density at radius 2 is 1.51 bits per heavy atom. The summed E-state index contributed by atoms with van der Waals surface area (Å²) in [6, 6.07) is 24.2. The van der Waals surface area contributed by atoms with Gasteiger partial charge in [-0.05, 0) is 62.3 Å². The van der Waals surface area contributed by atoms with Crippen molar-refractivity contribution in [1.29, 1.82) is 0 Å². The van der Waals surface area contributed by atoms with Crippen molar-refractivity contribution < 1.29 is 9.31 Å². The van der Waals surface area contributed by atoms with E-state index in [1.807, 2.05) is 11.3 Å². The molecule has 1 saturated heterocycles. The largest absolute Gasteiger partial charge is 0.494 e. The van der Waals surface area contributed by atoms with Crippen molar-refractivity contribution in [2.75, 3.05) is 0 Å². The van der Waals surface area contributed by atoms with E-state index in [9.17, 15) is 0 Å². The van der Waals surface area contributed by atoms with E-state index in [-0.39, 0.29) is 23.7 Å². The normalized spacial score (nSPS) is 23.2. The van der Waals surface area contributed by atoms with Gasteiger partial charge in [0.25, 0.3) is 0 Å². The third-order valence-corrected chi connectivity index (χ3v) is 9.36. The highest BCUT2D eigenvalue weighted by Crippen LogP contribution is 2.44. The smallest absolute Gasteiger partial charge is 0.399 e. The minimum absolute atomic E-state index is 0.109. The van der Waals surface area contributed by atoms with Crippen molar-refractivity contribution in [1.82, 2.24) is 0 Å². The van der Waals surface area contributed by atoms with Crippen LogP contribution >= 0.6 is 11.3 Å². The molecule has 1 atom stereocenters. The Bertz CT molecular complexity index is 1490. The molecular formula is C31H31BO2S. The van der Waals surface area contributed by atoms with Crippen LogP contribution in [0.4, 0.5) is 0 Å². The topological polar surface area (TPSA) is 18.5 Å². The summed E-state index contributed by atoms with van der Waals surface area (Å²) in [5, 5.41) is 2.70. The summed E-state index contributed by atoms with van der Waals surface area (Å²) in [7, 11) is -0.349. The fourth-order valence-electron chi connectivity index (χ4n) is 5.29. The van der Waals surface area contributed by atoms with Crippen molar-refractivity contribution in [3.8, 4) is 0 Å². The Labute approximate surface area is 212 Å². The number of benzene rings is 3. The van der Waals surface area contributed by atoms with Crippen LogP contribution in [0.1, 0.15) is 52.2 Å². The number of hydrogen-bond donors (Lipinski definition) is 0. The molecule has 6 rings (SSSR count). The van der Waals surface area contributed by atoms with Gasteiger partial charge in [0.2, 0.25) is 0 Å². The maximum atomic E-state index is 6.34. The van der Waals surface area contributed by atoms with E-state index in [1.54, 1.807) is 0 Å². The zero-order valence-corrected chi connectivity index (χ0v) is 21.9. The number of hydrogen-bond acceptors (Lipinski definition) is 3. The minimum atomic E-state index is -0.349. The molecule has 1 unspecified atom stereocenters. The molecule has 0 radical (unpaired) electrons. The van der Waals surface area contributed by atoms with Crippen LogP contribution in [0.5, 0.6) is 0 Å². The summed E-state index contributed by atoms with van der Waals surface area (Å²) in [6.07, 6.45) is 7.81. The highest BCUT2D eigenvalue weighted by atomic mass is 32.1. The zero-order chi connectivity index (χ0) is 24.4. The fraction of sp³-hybridized carbons (Fsp3) is 0.290. The first-order valence-electron chi connectivity index (χ1n) is 12.4. The van der Waals surface area contributed by atoms with Crippen LogP contribution in [0.3, 0.4) is 0 Å². The molecule has 4 heteroatoms. The van der Waals surface area contributed by atoms with Gasteiger partial charge in [-0.25, -0.2) is 0 Å². The lowest BCUT2D eigenvalue weighted by Crippen LogP contribution is -2.41. The van der Waals surface area contributed by atoms with Crippen LogP contribution in [-0.4, -0.2) is 18.3 Å². The molecule has 0 spiro atoms.